The van der Waals surface area contributed by atoms with Gasteiger partial charge in [-0.25, -0.2) is 0 Å². The van der Waals surface area contributed by atoms with Crippen LogP contribution in [0.5, 0.6) is 0 Å². The fourth-order valence-electron chi connectivity index (χ4n) is 2.94. The van der Waals surface area contributed by atoms with Crippen LogP contribution in [0.4, 0.5) is 13.2 Å². The normalized spacial score (nSPS) is 22.2. The Bertz CT molecular complexity index is 688. The zero-order valence-electron chi connectivity index (χ0n) is 12.7. The summed E-state index contributed by atoms with van der Waals surface area (Å²) in [6, 6.07) is 15.0. The van der Waals surface area contributed by atoms with Crippen molar-refractivity contribution in [2.45, 2.75) is 24.9 Å². The highest BCUT2D eigenvalue weighted by Gasteiger charge is 2.53. The smallest absolute Gasteiger partial charge is 0.408 e. The van der Waals surface area contributed by atoms with Crippen molar-refractivity contribution in [1.82, 2.24) is 4.90 Å². The Morgan fingerprint density at radius 3 is 2.17 bits per heavy atom. The van der Waals surface area contributed by atoms with Gasteiger partial charge < -0.3 is 4.74 Å². The van der Waals surface area contributed by atoms with Gasteiger partial charge in [-0.2, -0.15) is 13.2 Å². The fourth-order valence-corrected chi connectivity index (χ4v) is 2.94. The molecule has 1 fully saturated rings. The molecular formula is C18H16F3NO2. The Morgan fingerprint density at radius 2 is 1.58 bits per heavy atom. The molecule has 1 aliphatic heterocycles. The van der Waals surface area contributed by atoms with E-state index >= 15 is 0 Å². The van der Waals surface area contributed by atoms with Gasteiger partial charge >= 0.3 is 12.1 Å². The van der Waals surface area contributed by atoms with Crippen LogP contribution >= 0.6 is 0 Å². The SMILES string of the molecule is O=C1CN(Cc2ccccc2)[C@H](C(F)(F)F)[C@@H](c2ccccc2)O1. The quantitative estimate of drug-likeness (QED) is 0.801. The first-order valence-corrected chi connectivity index (χ1v) is 7.54. The summed E-state index contributed by atoms with van der Waals surface area (Å²) in [4.78, 5) is 13.0. The summed E-state index contributed by atoms with van der Waals surface area (Å²) in [5, 5.41) is 0. The molecule has 126 valence electrons. The molecule has 0 radical (unpaired) electrons. The number of morpholine rings is 1. The number of esters is 1. The molecule has 0 aliphatic carbocycles. The standard InChI is InChI=1S/C18H16F3NO2/c19-18(20,21)17-16(14-9-5-2-6-10-14)24-15(23)12-22(17)11-13-7-3-1-4-8-13/h1-10,16-17H,11-12H2/t16-,17+/m1/s1. The predicted molar refractivity (Wildman–Crippen MR) is 82.0 cm³/mol. The summed E-state index contributed by atoms with van der Waals surface area (Å²) in [6.07, 6.45) is -5.88. The topological polar surface area (TPSA) is 29.5 Å². The number of carbonyl (C=O) groups is 1. The highest BCUT2D eigenvalue weighted by atomic mass is 19.4. The maximum atomic E-state index is 13.7. The lowest BCUT2D eigenvalue weighted by Crippen LogP contribution is -2.55. The van der Waals surface area contributed by atoms with Crippen molar-refractivity contribution < 1.29 is 22.7 Å². The minimum Gasteiger partial charge on any atom is -0.454 e. The molecule has 3 rings (SSSR count). The molecule has 0 spiro atoms. The summed E-state index contributed by atoms with van der Waals surface area (Å²) >= 11 is 0. The largest absolute Gasteiger partial charge is 0.454 e. The summed E-state index contributed by atoms with van der Waals surface area (Å²) in [5.41, 5.74) is 1.05. The first kappa shape index (κ1) is 16.5. The van der Waals surface area contributed by atoms with Gasteiger partial charge in [0.2, 0.25) is 0 Å². The number of ether oxygens (including phenoxy) is 1. The molecule has 0 unspecified atom stereocenters. The first-order chi connectivity index (χ1) is 11.4. The Labute approximate surface area is 137 Å². The molecule has 0 aromatic heterocycles. The molecule has 0 N–H and O–H groups in total. The van der Waals surface area contributed by atoms with E-state index in [0.29, 0.717) is 11.1 Å². The lowest BCUT2D eigenvalue weighted by molar-refractivity contribution is -0.234. The van der Waals surface area contributed by atoms with E-state index in [1.807, 2.05) is 0 Å². The number of benzene rings is 2. The highest BCUT2D eigenvalue weighted by molar-refractivity contribution is 5.73. The van der Waals surface area contributed by atoms with E-state index in [9.17, 15) is 18.0 Å². The van der Waals surface area contributed by atoms with Gasteiger partial charge in [-0.3, -0.25) is 9.69 Å². The van der Waals surface area contributed by atoms with Crippen LogP contribution in [0.3, 0.4) is 0 Å². The van der Waals surface area contributed by atoms with Gasteiger partial charge in [-0.1, -0.05) is 60.7 Å². The van der Waals surface area contributed by atoms with Crippen molar-refractivity contribution in [3.8, 4) is 0 Å². The van der Waals surface area contributed by atoms with Crippen LogP contribution in [-0.4, -0.2) is 29.6 Å². The van der Waals surface area contributed by atoms with Gasteiger partial charge in [0, 0.05) is 6.54 Å². The van der Waals surface area contributed by atoms with Crippen LogP contribution in [0.25, 0.3) is 0 Å². The van der Waals surface area contributed by atoms with Gasteiger partial charge in [0.15, 0.2) is 6.10 Å². The third-order valence-electron chi connectivity index (χ3n) is 3.96. The lowest BCUT2D eigenvalue weighted by atomic mass is 9.98. The Morgan fingerprint density at radius 1 is 1.00 bits per heavy atom. The number of carbonyl (C=O) groups excluding carboxylic acids is 1. The average Bonchev–Trinajstić information content (AvgIpc) is 2.55. The third-order valence-corrected chi connectivity index (χ3v) is 3.96. The Balaban J connectivity index is 1.95. The molecule has 2 aromatic rings. The summed E-state index contributed by atoms with van der Waals surface area (Å²) < 4.78 is 46.3. The minimum atomic E-state index is -4.52. The van der Waals surface area contributed by atoms with Gasteiger partial charge in [-0.05, 0) is 11.1 Å². The maximum Gasteiger partial charge on any atom is 0.408 e. The van der Waals surface area contributed by atoms with E-state index in [-0.39, 0.29) is 13.1 Å². The van der Waals surface area contributed by atoms with Crippen LogP contribution in [0.15, 0.2) is 60.7 Å². The zero-order chi connectivity index (χ0) is 17.2. The van der Waals surface area contributed by atoms with E-state index < -0.39 is 24.3 Å². The molecular weight excluding hydrogens is 319 g/mol. The Kier molecular flexibility index (Phi) is 4.57. The second kappa shape index (κ2) is 6.65. The second-order valence-electron chi connectivity index (χ2n) is 5.70. The second-order valence-corrected chi connectivity index (χ2v) is 5.70. The van der Waals surface area contributed by atoms with Crippen LogP contribution in [-0.2, 0) is 16.1 Å². The van der Waals surface area contributed by atoms with Crippen molar-refractivity contribution in [1.29, 1.82) is 0 Å². The average molecular weight is 335 g/mol. The summed E-state index contributed by atoms with van der Waals surface area (Å²) in [5.74, 6) is -0.653. The third kappa shape index (κ3) is 3.59. The fraction of sp³-hybridized carbons (Fsp3) is 0.278. The van der Waals surface area contributed by atoms with E-state index in [1.165, 1.54) is 0 Å². The molecule has 6 heteroatoms. The molecule has 3 nitrogen and oxygen atoms in total. The monoisotopic (exact) mass is 335 g/mol. The molecule has 1 aliphatic rings. The molecule has 0 bridgehead atoms. The molecule has 1 saturated heterocycles. The number of hydrogen-bond donors (Lipinski definition) is 0. The molecule has 2 atom stereocenters. The van der Waals surface area contributed by atoms with Gasteiger partial charge in [0.1, 0.15) is 6.04 Å². The number of rotatable bonds is 3. The van der Waals surface area contributed by atoms with Crippen molar-refractivity contribution >= 4 is 5.97 Å². The summed E-state index contributed by atoms with van der Waals surface area (Å²) in [6.45, 7) is -0.355. The van der Waals surface area contributed by atoms with Crippen LogP contribution in [0, 0.1) is 0 Å². The van der Waals surface area contributed by atoms with Gasteiger partial charge in [0.25, 0.3) is 0 Å². The molecule has 24 heavy (non-hydrogen) atoms. The molecule has 1 heterocycles. The number of nitrogens with zero attached hydrogens (tertiary/aromatic N) is 1. The number of alkyl halides is 3. The van der Waals surface area contributed by atoms with Crippen LogP contribution in [0.1, 0.15) is 17.2 Å². The van der Waals surface area contributed by atoms with E-state index in [2.05, 4.69) is 0 Å². The lowest BCUT2D eigenvalue weighted by Gasteiger charge is -2.41. The van der Waals surface area contributed by atoms with Crippen LogP contribution in [0.2, 0.25) is 0 Å². The van der Waals surface area contributed by atoms with E-state index in [1.54, 1.807) is 60.7 Å². The maximum absolute atomic E-state index is 13.7. The molecule has 0 saturated carbocycles. The number of hydrogen-bond acceptors (Lipinski definition) is 3. The zero-order valence-corrected chi connectivity index (χ0v) is 12.7. The van der Waals surface area contributed by atoms with Gasteiger partial charge in [0.05, 0.1) is 6.54 Å². The van der Waals surface area contributed by atoms with Crippen molar-refractivity contribution in [2.24, 2.45) is 0 Å². The predicted octanol–water partition coefficient (Wildman–Crippen LogP) is 3.72. The van der Waals surface area contributed by atoms with Crippen LogP contribution < -0.4 is 0 Å². The summed E-state index contributed by atoms with van der Waals surface area (Å²) in [7, 11) is 0. The first-order valence-electron chi connectivity index (χ1n) is 7.54. The minimum absolute atomic E-state index is 0.0312. The van der Waals surface area contributed by atoms with Gasteiger partial charge in [-0.15, -0.1) is 0 Å². The van der Waals surface area contributed by atoms with Crippen molar-refractivity contribution in [3.05, 3.63) is 71.8 Å². The van der Waals surface area contributed by atoms with E-state index in [4.69, 9.17) is 4.74 Å². The highest BCUT2D eigenvalue weighted by Crippen LogP contribution is 2.39. The van der Waals surface area contributed by atoms with Crippen molar-refractivity contribution in [2.75, 3.05) is 6.54 Å². The number of cyclic esters (lactones) is 1. The van der Waals surface area contributed by atoms with E-state index in [0.717, 1.165) is 4.90 Å². The molecule has 0 amide bonds. The Hall–Kier alpha value is -2.34. The molecule has 2 aromatic carbocycles. The van der Waals surface area contributed by atoms with Crippen molar-refractivity contribution in [3.63, 3.8) is 0 Å². The number of halogens is 3.